The zero-order valence-corrected chi connectivity index (χ0v) is 13.7. The van der Waals surface area contributed by atoms with Crippen LogP contribution in [0.15, 0.2) is 41.0 Å². The van der Waals surface area contributed by atoms with Crippen LogP contribution in [0.5, 0.6) is 0 Å². The SMILES string of the molecule is CN(CCCNc1nc(N)ncc1Br)Cc1ccccc1. The lowest BCUT2D eigenvalue weighted by Crippen LogP contribution is -2.21. The molecule has 0 aliphatic carbocycles. The predicted octanol–water partition coefficient (Wildman–Crippen LogP) is 2.76. The van der Waals surface area contributed by atoms with Crippen molar-refractivity contribution in [3.05, 3.63) is 46.6 Å². The van der Waals surface area contributed by atoms with Gasteiger partial charge >= 0.3 is 0 Å². The van der Waals surface area contributed by atoms with Gasteiger partial charge in [-0.2, -0.15) is 4.98 Å². The van der Waals surface area contributed by atoms with E-state index in [-0.39, 0.29) is 5.95 Å². The summed E-state index contributed by atoms with van der Waals surface area (Å²) in [6.07, 6.45) is 2.69. The molecule has 5 nitrogen and oxygen atoms in total. The van der Waals surface area contributed by atoms with E-state index < -0.39 is 0 Å². The van der Waals surface area contributed by atoms with Gasteiger partial charge in [0.05, 0.1) is 4.47 Å². The number of rotatable bonds is 7. The van der Waals surface area contributed by atoms with E-state index in [0.29, 0.717) is 0 Å². The first-order valence-corrected chi connectivity index (χ1v) is 7.69. The second kappa shape index (κ2) is 7.95. The molecule has 0 saturated heterocycles. The van der Waals surface area contributed by atoms with Crippen molar-refractivity contribution in [1.82, 2.24) is 14.9 Å². The highest BCUT2D eigenvalue weighted by molar-refractivity contribution is 9.10. The van der Waals surface area contributed by atoms with Gasteiger partial charge in [-0.05, 0) is 41.5 Å². The molecule has 0 radical (unpaired) electrons. The molecule has 0 aliphatic rings. The van der Waals surface area contributed by atoms with Crippen molar-refractivity contribution in [3.63, 3.8) is 0 Å². The summed E-state index contributed by atoms with van der Waals surface area (Å²) in [4.78, 5) is 10.4. The van der Waals surface area contributed by atoms with Crippen molar-refractivity contribution in [2.45, 2.75) is 13.0 Å². The molecule has 0 amide bonds. The molecule has 0 saturated carbocycles. The second-order valence-corrected chi connectivity index (χ2v) is 5.78. The minimum Gasteiger partial charge on any atom is -0.369 e. The third-order valence-corrected chi connectivity index (χ3v) is 3.65. The van der Waals surface area contributed by atoms with E-state index in [1.807, 2.05) is 6.07 Å². The van der Waals surface area contributed by atoms with E-state index in [4.69, 9.17) is 5.73 Å². The molecule has 6 heteroatoms. The Kier molecular flexibility index (Phi) is 5.95. The van der Waals surface area contributed by atoms with Gasteiger partial charge in [0.1, 0.15) is 5.82 Å². The Bertz CT molecular complexity index is 561. The molecule has 3 N–H and O–H groups in total. The summed E-state index contributed by atoms with van der Waals surface area (Å²) >= 11 is 3.40. The Morgan fingerprint density at radius 2 is 2.05 bits per heavy atom. The third-order valence-electron chi connectivity index (χ3n) is 3.07. The topological polar surface area (TPSA) is 67.1 Å². The minimum atomic E-state index is 0.280. The highest BCUT2D eigenvalue weighted by atomic mass is 79.9. The lowest BCUT2D eigenvalue weighted by atomic mass is 10.2. The van der Waals surface area contributed by atoms with Crippen LogP contribution in [0.25, 0.3) is 0 Å². The van der Waals surface area contributed by atoms with Crippen LogP contribution in [-0.4, -0.2) is 35.0 Å². The first kappa shape index (κ1) is 15.7. The number of nitrogens with two attached hydrogens (primary N) is 1. The smallest absolute Gasteiger partial charge is 0.221 e. The van der Waals surface area contributed by atoms with Gasteiger partial charge in [0.15, 0.2) is 0 Å². The summed E-state index contributed by atoms with van der Waals surface area (Å²) < 4.78 is 0.828. The number of nitrogens with one attached hydrogen (secondary N) is 1. The minimum absolute atomic E-state index is 0.280. The summed E-state index contributed by atoms with van der Waals surface area (Å²) in [5.41, 5.74) is 6.91. The number of nitrogen functional groups attached to an aromatic ring is 1. The fourth-order valence-corrected chi connectivity index (χ4v) is 2.37. The van der Waals surface area contributed by atoms with Crippen LogP contribution >= 0.6 is 15.9 Å². The molecule has 0 fully saturated rings. The van der Waals surface area contributed by atoms with Crippen molar-refractivity contribution in [2.75, 3.05) is 31.2 Å². The Morgan fingerprint density at radius 3 is 2.81 bits per heavy atom. The Labute approximate surface area is 133 Å². The number of benzene rings is 1. The Morgan fingerprint density at radius 1 is 1.29 bits per heavy atom. The van der Waals surface area contributed by atoms with E-state index >= 15 is 0 Å². The Balaban J connectivity index is 1.71. The maximum absolute atomic E-state index is 5.57. The average molecular weight is 350 g/mol. The lowest BCUT2D eigenvalue weighted by Gasteiger charge is -2.17. The van der Waals surface area contributed by atoms with Gasteiger partial charge in [0.2, 0.25) is 5.95 Å². The molecular weight excluding hydrogens is 330 g/mol. The summed E-state index contributed by atoms with van der Waals surface area (Å²) in [5.74, 6) is 1.02. The predicted molar refractivity (Wildman–Crippen MR) is 90.0 cm³/mol. The second-order valence-electron chi connectivity index (χ2n) is 4.93. The quantitative estimate of drug-likeness (QED) is 0.752. The molecule has 21 heavy (non-hydrogen) atoms. The summed E-state index contributed by atoms with van der Waals surface area (Å²) in [5, 5.41) is 3.27. The van der Waals surface area contributed by atoms with Crippen LogP contribution in [0.1, 0.15) is 12.0 Å². The fourth-order valence-electron chi connectivity index (χ4n) is 2.03. The van der Waals surface area contributed by atoms with Gasteiger partial charge in [0.25, 0.3) is 0 Å². The normalized spacial score (nSPS) is 10.8. The van der Waals surface area contributed by atoms with Crippen molar-refractivity contribution in [3.8, 4) is 0 Å². The van der Waals surface area contributed by atoms with Gasteiger partial charge < -0.3 is 16.0 Å². The molecule has 2 rings (SSSR count). The fraction of sp³-hybridized carbons (Fsp3) is 0.333. The molecule has 1 aromatic heterocycles. The van der Waals surface area contributed by atoms with E-state index in [1.54, 1.807) is 6.20 Å². The number of hydrogen-bond acceptors (Lipinski definition) is 5. The molecule has 0 spiro atoms. The van der Waals surface area contributed by atoms with Crippen LogP contribution in [0, 0.1) is 0 Å². The van der Waals surface area contributed by atoms with Gasteiger partial charge in [-0.3, -0.25) is 0 Å². The first-order valence-electron chi connectivity index (χ1n) is 6.89. The van der Waals surface area contributed by atoms with Crippen LogP contribution in [0.3, 0.4) is 0 Å². The molecular formula is C15H20BrN5. The maximum atomic E-state index is 5.57. The molecule has 0 bridgehead atoms. The zero-order valence-electron chi connectivity index (χ0n) is 12.1. The molecule has 2 aromatic rings. The van der Waals surface area contributed by atoms with Gasteiger partial charge in [0, 0.05) is 19.3 Å². The summed E-state index contributed by atoms with van der Waals surface area (Å²) in [7, 11) is 2.13. The highest BCUT2D eigenvalue weighted by Crippen LogP contribution is 2.18. The number of hydrogen-bond donors (Lipinski definition) is 2. The molecule has 1 aromatic carbocycles. The van der Waals surface area contributed by atoms with E-state index in [9.17, 15) is 0 Å². The Hall–Kier alpha value is -1.66. The first-order chi connectivity index (χ1) is 10.1. The van der Waals surface area contributed by atoms with Crippen molar-refractivity contribution >= 4 is 27.7 Å². The summed E-state index contributed by atoms with van der Waals surface area (Å²) in [6.45, 7) is 2.82. The van der Waals surface area contributed by atoms with Gasteiger partial charge in [-0.1, -0.05) is 30.3 Å². The number of aromatic nitrogens is 2. The average Bonchev–Trinajstić information content (AvgIpc) is 2.48. The van der Waals surface area contributed by atoms with E-state index in [0.717, 1.165) is 36.3 Å². The number of anilines is 2. The molecule has 112 valence electrons. The molecule has 0 atom stereocenters. The zero-order chi connectivity index (χ0) is 15.1. The molecule has 0 unspecified atom stereocenters. The largest absolute Gasteiger partial charge is 0.369 e. The maximum Gasteiger partial charge on any atom is 0.221 e. The van der Waals surface area contributed by atoms with Gasteiger partial charge in [-0.25, -0.2) is 4.98 Å². The third kappa shape index (κ3) is 5.32. The lowest BCUT2D eigenvalue weighted by molar-refractivity contribution is 0.325. The van der Waals surface area contributed by atoms with E-state index in [2.05, 4.69) is 67.4 Å². The monoisotopic (exact) mass is 349 g/mol. The molecule has 1 heterocycles. The summed E-state index contributed by atoms with van der Waals surface area (Å²) in [6, 6.07) is 10.5. The van der Waals surface area contributed by atoms with Gasteiger partial charge in [-0.15, -0.1) is 0 Å². The number of nitrogens with zero attached hydrogens (tertiary/aromatic N) is 3. The molecule has 0 aliphatic heterocycles. The van der Waals surface area contributed by atoms with Crippen LogP contribution in [-0.2, 0) is 6.54 Å². The number of halogens is 1. The highest BCUT2D eigenvalue weighted by Gasteiger charge is 2.03. The van der Waals surface area contributed by atoms with Crippen molar-refractivity contribution in [2.24, 2.45) is 0 Å². The van der Waals surface area contributed by atoms with Crippen molar-refractivity contribution < 1.29 is 0 Å². The van der Waals surface area contributed by atoms with Crippen LogP contribution < -0.4 is 11.1 Å². The van der Waals surface area contributed by atoms with E-state index in [1.165, 1.54) is 5.56 Å². The standard InChI is InChI=1S/C15H20BrN5/c1-21(11-12-6-3-2-4-7-12)9-5-8-18-14-13(16)10-19-15(17)20-14/h2-4,6-7,10H,5,8-9,11H2,1H3,(H3,17,18,19,20). The van der Waals surface area contributed by atoms with Crippen LogP contribution in [0.2, 0.25) is 0 Å². The van der Waals surface area contributed by atoms with Crippen LogP contribution in [0.4, 0.5) is 11.8 Å². The van der Waals surface area contributed by atoms with Crippen molar-refractivity contribution in [1.29, 1.82) is 0 Å².